The second-order valence-electron chi connectivity index (χ2n) is 4.30. The van der Waals surface area contributed by atoms with E-state index in [0.717, 1.165) is 4.31 Å². The van der Waals surface area contributed by atoms with Crippen LogP contribution in [0.25, 0.3) is 0 Å². The standard InChI is InChI=1S/C12H15N3O5S/c1-2-20-12(17)14-21(18,19)15-7-9-5-3-4-6-10(9)13-11(16)8-15/h3-6H,2,7-8H2,1H3,(H,13,16)(H,14,17). The lowest BCUT2D eigenvalue weighted by molar-refractivity contribution is -0.116. The Morgan fingerprint density at radius 2 is 2.10 bits per heavy atom. The molecule has 0 atom stereocenters. The van der Waals surface area contributed by atoms with Crippen molar-refractivity contribution in [3.05, 3.63) is 29.8 Å². The highest BCUT2D eigenvalue weighted by molar-refractivity contribution is 7.87. The topological polar surface area (TPSA) is 105 Å². The van der Waals surface area contributed by atoms with Crippen molar-refractivity contribution in [1.29, 1.82) is 0 Å². The van der Waals surface area contributed by atoms with Crippen LogP contribution in [0.3, 0.4) is 0 Å². The maximum Gasteiger partial charge on any atom is 0.421 e. The summed E-state index contributed by atoms with van der Waals surface area (Å²) in [6.45, 7) is 1.19. The van der Waals surface area contributed by atoms with Crippen molar-refractivity contribution in [1.82, 2.24) is 9.03 Å². The zero-order chi connectivity index (χ0) is 15.5. The number of carbonyl (C=O) groups excluding carboxylic acids is 2. The highest BCUT2D eigenvalue weighted by atomic mass is 32.2. The van der Waals surface area contributed by atoms with E-state index in [1.165, 1.54) is 0 Å². The second kappa shape index (κ2) is 6.10. The Morgan fingerprint density at radius 1 is 1.38 bits per heavy atom. The molecule has 2 N–H and O–H groups in total. The van der Waals surface area contributed by atoms with Crippen LogP contribution < -0.4 is 10.0 Å². The third-order valence-corrected chi connectivity index (χ3v) is 4.15. The first-order chi connectivity index (χ1) is 9.92. The van der Waals surface area contributed by atoms with Crippen LogP contribution in [0.15, 0.2) is 24.3 Å². The Balaban J connectivity index is 2.23. The number of hydrogen-bond acceptors (Lipinski definition) is 5. The summed E-state index contributed by atoms with van der Waals surface area (Å²) in [6, 6.07) is 6.86. The van der Waals surface area contributed by atoms with Gasteiger partial charge in [-0.3, -0.25) is 4.79 Å². The molecule has 1 aliphatic heterocycles. The van der Waals surface area contributed by atoms with Crippen LogP contribution in [-0.2, 0) is 26.3 Å². The number of ether oxygens (including phenoxy) is 1. The second-order valence-corrected chi connectivity index (χ2v) is 5.97. The molecule has 0 aromatic heterocycles. The van der Waals surface area contributed by atoms with Crippen molar-refractivity contribution in [2.24, 2.45) is 0 Å². The lowest BCUT2D eigenvalue weighted by Crippen LogP contribution is -2.45. The van der Waals surface area contributed by atoms with Gasteiger partial charge in [0.1, 0.15) is 0 Å². The minimum Gasteiger partial charge on any atom is -0.449 e. The van der Waals surface area contributed by atoms with Gasteiger partial charge in [0.15, 0.2) is 0 Å². The van der Waals surface area contributed by atoms with E-state index < -0.39 is 22.2 Å². The molecule has 0 aliphatic carbocycles. The van der Waals surface area contributed by atoms with Crippen LogP contribution in [0, 0.1) is 0 Å². The van der Waals surface area contributed by atoms with Crippen LogP contribution in [0.5, 0.6) is 0 Å². The maximum atomic E-state index is 12.1. The summed E-state index contributed by atoms with van der Waals surface area (Å²) >= 11 is 0. The lowest BCUT2D eigenvalue weighted by atomic mass is 10.2. The summed E-state index contributed by atoms with van der Waals surface area (Å²) in [5.41, 5.74) is 1.19. The van der Waals surface area contributed by atoms with Gasteiger partial charge in [-0.2, -0.15) is 12.7 Å². The molecule has 2 amide bonds. The average molecular weight is 313 g/mol. The van der Waals surface area contributed by atoms with Crippen LogP contribution >= 0.6 is 0 Å². The van der Waals surface area contributed by atoms with E-state index in [1.807, 2.05) is 0 Å². The molecule has 1 aliphatic rings. The number of nitrogens with zero attached hydrogens (tertiary/aromatic N) is 1. The molecule has 0 bridgehead atoms. The van der Waals surface area contributed by atoms with Gasteiger partial charge in [0.05, 0.1) is 13.2 Å². The Hall–Kier alpha value is -2.13. The maximum absolute atomic E-state index is 12.1. The fraction of sp³-hybridized carbons (Fsp3) is 0.333. The van der Waals surface area contributed by atoms with Gasteiger partial charge in [-0.05, 0) is 18.6 Å². The molecule has 0 saturated heterocycles. The molecule has 114 valence electrons. The van der Waals surface area contributed by atoms with E-state index in [1.54, 1.807) is 35.9 Å². The Morgan fingerprint density at radius 3 is 2.81 bits per heavy atom. The van der Waals surface area contributed by atoms with Crippen molar-refractivity contribution < 1.29 is 22.7 Å². The predicted molar refractivity (Wildman–Crippen MR) is 74.6 cm³/mol. The lowest BCUT2D eigenvalue weighted by Gasteiger charge is -2.19. The van der Waals surface area contributed by atoms with E-state index in [2.05, 4.69) is 10.1 Å². The number of hydrogen-bond donors (Lipinski definition) is 2. The molecular formula is C12H15N3O5S. The number of carbonyl (C=O) groups is 2. The van der Waals surface area contributed by atoms with Crippen molar-refractivity contribution in [2.45, 2.75) is 13.5 Å². The molecular weight excluding hydrogens is 298 g/mol. The molecule has 0 saturated carbocycles. The third kappa shape index (κ3) is 3.70. The summed E-state index contributed by atoms with van der Waals surface area (Å²) in [5, 5.41) is 2.61. The van der Waals surface area contributed by atoms with E-state index in [9.17, 15) is 18.0 Å². The summed E-state index contributed by atoms with van der Waals surface area (Å²) in [6.07, 6.45) is -1.07. The smallest absolute Gasteiger partial charge is 0.421 e. The number of benzene rings is 1. The van der Waals surface area contributed by atoms with E-state index >= 15 is 0 Å². The molecule has 2 rings (SSSR count). The first kappa shape index (κ1) is 15.3. The van der Waals surface area contributed by atoms with Gasteiger partial charge in [0.25, 0.3) is 0 Å². The summed E-state index contributed by atoms with van der Waals surface area (Å²) in [7, 11) is -4.16. The van der Waals surface area contributed by atoms with Crippen LogP contribution in [-0.4, -0.2) is 37.9 Å². The zero-order valence-electron chi connectivity index (χ0n) is 11.3. The number of para-hydroxylation sites is 1. The van der Waals surface area contributed by atoms with E-state index in [-0.39, 0.29) is 19.7 Å². The monoisotopic (exact) mass is 313 g/mol. The fourth-order valence-electron chi connectivity index (χ4n) is 1.88. The molecule has 0 spiro atoms. The van der Waals surface area contributed by atoms with Crippen molar-refractivity contribution in [3.63, 3.8) is 0 Å². The summed E-state index contributed by atoms with van der Waals surface area (Å²) in [4.78, 5) is 23.0. The summed E-state index contributed by atoms with van der Waals surface area (Å²) in [5.74, 6) is -0.478. The van der Waals surface area contributed by atoms with Crippen LogP contribution in [0.4, 0.5) is 10.5 Å². The molecule has 9 heteroatoms. The minimum absolute atomic E-state index is 0.0242. The van der Waals surface area contributed by atoms with Crippen LogP contribution in [0.2, 0.25) is 0 Å². The van der Waals surface area contributed by atoms with Crippen molar-refractivity contribution >= 4 is 27.9 Å². The largest absolute Gasteiger partial charge is 0.449 e. The van der Waals surface area contributed by atoms with Crippen molar-refractivity contribution in [2.75, 3.05) is 18.5 Å². The molecule has 1 aromatic carbocycles. The van der Waals surface area contributed by atoms with Gasteiger partial charge >= 0.3 is 16.3 Å². The van der Waals surface area contributed by atoms with Gasteiger partial charge in [-0.1, -0.05) is 18.2 Å². The van der Waals surface area contributed by atoms with Gasteiger partial charge < -0.3 is 10.1 Å². The van der Waals surface area contributed by atoms with E-state index in [0.29, 0.717) is 11.3 Å². The molecule has 21 heavy (non-hydrogen) atoms. The Labute approximate surface area is 122 Å². The Bertz CT molecular complexity index is 659. The predicted octanol–water partition coefficient (Wildman–Crippen LogP) is 0.432. The van der Waals surface area contributed by atoms with Gasteiger partial charge in [0, 0.05) is 12.2 Å². The fourth-order valence-corrected chi connectivity index (χ4v) is 2.87. The molecule has 0 unspecified atom stereocenters. The van der Waals surface area contributed by atoms with E-state index in [4.69, 9.17) is 0 Å². The normalized spacial score (nSPS) is 15.6. The van der Waals surface area contributed by atoms with Gasteiger partial charge in [-0.25, -0.2) is 9.52 Å². The number of fused-ring (bicyclic) bond motifs is 1. The van der Waals surface area contributed by atoms with Crippen molar-refractivity contribution in [3.8, 4) is 0 Å². The molecule has 0 fully saturated rings. The third-order valence-electron chi connectivity index (χ3n) is 2.79. The van der Waals surface area contributed by atoms with Gasteiger partial charge in [-0.15, -0.1) is 0 Å². The number of nitrogens with one attached hydrogen (secondary N) is 2. The minimum atomic E-state index is -4.16. The highest BCUT2D eigenvalue weighted by Gasteiger charge is 2.30. The SMILES string of the molecule is CCOC(=O)NS(=O)(=O)N1CC(=O)Nc2ccccc2C1. The molecule has 1 aromatic rings. The number of amides is 2. The zero-order valence-corrected chi connectivity index (χ0v) is 12.1. The average Bonchev–Trinajstić information content (AvgIpc) is 2.56. The summed E-state index contributed by atoms with van der Waals surface area (Å²) < 4.78 is 31.4. The first-order valence-corrected chi connectivity index (χ1v) is 7.69. The number of anilines is 1. The molecule has 0 radical (unpaired) electrons. The first-order valence-electron chi connectivity index (χ1n) is 6.25. The van der Waals surface area contributed by atoms with Crippen LogP contribution in [0.1, 0.15) is 12.5 Å². The van der Waals surface area contributed by atoms with Gasteiger partial charge in [0.2, 0.25) is 5.91 Å². The quantitative estimate of drug-likeness (QED) is 0.842. The molecule has 1 heterocycles. The number of rotatable bonds is 3. The highest BCUT2D eigenvalue weighted by Crippen LogP contribution is 2.21. The molecule has 8 nitrogen and oxygen atoms in total. The Kier molecular flexibility index (Phi) is 4.43.